The molecule has 0 bridgehead atoms. The molecule has 0 spiro atoms. The molecular weight excluding hydrogens is 270 g/mol. The Morgan fingerprint density at radius 1 is 1.50 bits per heavy atom. The second-order valence-electron chi connectivity index (χ2n) is 3.60. The smallest absolute Gasteiger partial charge is 0.225 e. The van der Waals surface area contributed by atoms with Crippen molar-refractivity contribution < 1.29 is 9.90 Å². The normalized spacial score (nSPS) is 12.2. The average molecular weight is 286 g/mol. The minimum absolute atomic E-state index is 0.0965. The third-order valence-electron chi connectivity index (χ3n) is 2.49. The van der Waals surface area contributed by atoms with Gasteiger partial charge in [0, 0.05) is 11.0 Å². The van der Waals surface area contributed by atoms with Gasteiger partial charge in [0.25, 0.3) is 0 Å². The Morgan fingerprint density at radius 3 is 2.75 bits per heavy atom. The fraction of sp³-hybridized carbons (Fsp3) is 0.417. The van der Waals surface area contributed by atoms with E-state index in [1.807, 2.05) is 31.2 Å². The first-order valence-corrected chi connectivity index (χ1v) is 6.10. The average Bonchev–Trinajstić information content (AvgIpc) is 2.29. The summed E-state index contributed by atoms with van der Waals surface area (Å²) in [5, 5.41) is 11.8. The number of amides is 1. The number of nitrogens with one attached hydrogen (secondary N) is 1. The molecule has 2 N–H and O–H groups in total. The number of benzene rings is 1. The summed E-state index contributed by atoms with van der Waals surface area (Å²) >= 11 is 3.42. The van der Waals surface area contributed by atoms with Crippen molar-refractivity contribution in [2.75, 3.05) is 6.61 Å². The first-order chi connectivity index (χ1) is 7.69. The molecule has 4 heteroatoms. The van der Waals surface area contributed by atoms with E-state index in [1.165, 1.54) is 0 Å². The number of rotatable bonds is 5. The van der Waals surface area contributed by atoms with Crippen molar-refractivity contribution in [3.63, 3.8) is 0 Å². The Balaban J connectivity index is 2.52. The molecule has 16 heavy (non-hydrogen) atoms. The van der Waals surface area contributed by atoms with Gasteiger partial charge < -0.3 is 10.4 Å². The molecule has 88 valence electrons. The van der Waals surface area contributed by atoms with Gasteiger partial charge in [-0.2, -0.15) is 0 Å². The molecule has 3 nitrogen and oxygen atoms in total. The Morgan fingerprint density at radius 2 is 2.19 bits per heavy atom. The molecule has 0 aliphatic rings. The van der Waals surface area contributed by atoms with Crippen LogP contribution in [0.25, 0.3) is 0 Å². The SMILES string of the molecule is CCC(CO)C(=O)NCc1ccccc1Br. The van der Waals surface area contributed by atoms with Crippen molar-refractivity contribution in [1.82, 2.24) is 5.32 Å². The van der Waals surface area contributed by atoms with Crippen molar-refractivity contribution >= 4 is 21.8 Å². The Kier molecular flexibility index (Phi) is 5.49. The molecular formula is C12H16BrNO2. The predicted octanol–water partition coefficient (Wildman–Crippen LogP) is 2.08. The number of aliphatic hydroxyl groups excluding tert-OH is 1. The van der Waals surface area contributed by atoms with Crippen LogP contribution in [0, 0.1) is 5.92 Å². The van der Waals surface area contributed by atoms with Crippen LogP contribution in [-0.2, 0) is 11.3 Å². The summed E-state index contributed by atoms with van der Waals surface area (Å²) in [6, 6.07) is 7.74. The zero-order valence-electron chi connectivity index (χ0n) is 9.24. The third-order valence-corrected chi connectivity index (χ3v) is 3.27. The quantitative estimate of drug-likeness (QED) is 0.870. The summed E-state index contributed by atoms with van der Waals surface area (Å²) in [6.45, 7) is 2.27. The Hall–Kier alpha value is -0.870. The lowest BCUT2D eigenvalue weighted by atomic mass is 10.1. The van der Waals surface area contributed by atoms with Crippen molar-refractivity contribution in [3.8, 4) is 0 Å². The van der Waals surface area contributed by atoms with Gasteiger partial charge >= 0.3 is 0 Å². The molecule has 1 amide bonds. The van der Waals surface area contributed by atoms with E-state index in [1.54, 1.807) is 0 Å². The summed E-state index contributed by atoms with van der Waals surface area (Å²) in [7, 11) is 0. The highest BCUT2D eigenvalue weighted by Crippen LogP contribution is 2.15. The summed E-state index contributed by atoms with van der Waals surface area (Å²) in [4.78, 5) is 11.6. The molecule has 1 atom stereocenters. The first kappa shape index (κ1) is 13.2. The van der Waals surface area contributed by atoms with Gasteiger partial charge in [-0.3, -0.25) is 4.79 Å². The van der Waals surface area contributed by atoms with E-state index in [0.29, 0.717) is 13.0 Å². The fourth-order valence-corrected chi connectivity index (χ4v) is 1.79. The minimum atomic E-state index is -0.303. The standard InChI is InChI=1S/C12H16BrNO2/c1-2-9(8-15)12(16)14-7-10-5-3-4-6-11(10)13/h3-6,9,15H,2,7-8H2,1H3,(H,14,16). The van der Waals surface area contributed by atoms with Gasteiger partial charge in [-0.05, 0) is 18.1 Å². The van der Waals surface area contributed by atoms with Gasteiger partial charge in [0.05, 0.1) is 12.5 Å². The van der Waals surface area contributed by atoms with E-state index in [-0.39, 0.29) is 18.4 Å². The van der Waals surface area contributed by atoms with Crippen molar-refractivity contribution in [3.05, 3.63) is 34.3 Å². The molecule has 0 saturated heterocycles. The van der Waals surface area contributed by atoms with E-state index < -0.39 is 0 Å². The zero-order chi connectivity index (χ0) is 12.0. The maximum absolute atomic E-state index is 11.6. The molecule has 0 heterocycles. The lowest BCUT2D eigenvalue weighted by Crippen LogP contribution is -2.31. The van der Waals surface area contributed by atoms with Gasteiger partial charge in [0.1, 0.15) is 0 Å². The van der Waals surface area contributed by atoms with Crippen LogP contribution < -0.4 is 5.32 Å². The molecule has 0 fully saturated rings. The Bertz CT molecular complexity index is 351. The fourth-order valence-electron chi connectivity index (χ4n) is 1.37. The second kappa shape index (κ2) is 6.66. The van der Waals surface area contributed by atoms with Crippen LogP contribution >= 0.6 is 15.9 Å². The van der Waals surface area contributed by atoms with Crippen LogP contribution in [0.4, 0.5) is 0 Å². The van der Waals surface area contributed by atoms with Gasteiger partial charge in [0.2, 0.25) is 5.91 Å². The lowest BCUT2D eigenvalue weighted by Gasteiger charge is -2.12. The van der Waals surface area contributed by atoms with E-state index in [0.717, 1.165) is 10.0 Å². The van der Waals surface area contributed by atoms with E-state index in [9.17, 15) is 4.79 Å². The Labute approximate surface area is 104 Å². The largest absolute Gasteiger partial charge is 0.396 e. The van der Waals surface area contributed by atoms with Crippen LogP contribution in [0.3, 0.4) is 0 Å². The number of carbonyl (C=O) groups is 1. The first-order valence-electron chi connectivity index (χ1n) is 5.31. The molecule has 1 rings (SSSR count). The lowest BCUT2D eigenvalue weighted by molar-refractivity contribution is -0.126. The van der Waals surface area contributed by atoms with E-state index in [2.05, 4.69) is 21.2 Å². The molecule has 0 radical (unpaired) electrons. The zero-order valence-corrected chi connectivity index (χ0v) is 10.8. The molecule has 1 aromatic carbocycles. The summed E-state index contributed by atoms with van der Waals surface area (Å²) in [6.07, 6.45) is 0.651. The number of halogens is 1. The maximum atomic E-state index is 11.6. The molecule has 0 saturated carbocycles. The second-order valence-corrected chi connectivity index (χ2v) is 4.45. The summed E-state index contributed by atoms with van der Waals surface area (Å²) < 4.78 is 0.979. The maximum Gasteiger partial charge on any atom is 0.225 e. The van der Waals surface area contributed by atoms with Crippen LogP contribution in [0.1, 0.15) is 18.9 Å². The molecule has 0 aromatic heterocycles. The number of aliphatic hydroxyl groups is 1. The number of hydrogen-bond acceptors (Lipinski definition) is 2. The molecule has 0 aliphatic carbocycles. The van der Waals surface area contributed by atoms with E-state index in [4.69, 9.17) is 5.11 Å². The van der Waals surface area contributed by atoms with Gasteiger partial charge in [-0.15, -0.1) is 0 Å². The topological polar surface area (TPSA) is 49.3 Å². The van der Waals surface area contributed by atoms with Gasteiger partial charge in [-0.1, -0.05) is 41.1 Å². The van der Waals surface area contributed by atoms with Crippen LogP contribution in [-0.4, -0.2) is 17.6 Å². The van der Waals surface area contributed by atoms with Crippen LogP contribution in [0.2, 0.25) is 0 Å². The molecule has 1 unspecified atom stereocenters. The number of hydrogen-bond donors (Lipinski definition) is 2. The summed E-state index contributed by atoms with van der Waals surface area (Å²) in [5.41, 5.74) is 1.03. The predicted molar refractivity (Wildman–Crippen MR) is 66.9 cm³/mol. The van der Waals surface area contributed by atoms with Crippen LogP contribution in [0.15, 0.2) is 28.7 Å². The van der Waals surface area contributed by atoms with Crippen molar-refractivity contribution in [2.24, 2.45) is 5.92 Å². The van der Waals surface area contributed by atoms with Crippen molar-refractivity contribution in [2.45, 2.75) is 19.9 Å². The van der Waals surface area contributed by atoms with Gasteiger partial charge in [0.15, 0.2) is 0 Å². The minimum Gasteiger partial charge on any atom is -0.396 e. The molecule has 0 aliphatic heterocycles. The van der Waals surface area contributed by atoms with Gasteiger partial charge in [-0.25, -0.2) is 0 Å². The highest BCUT2D eigenvalue weighted by Gasteiger charge is 2.14. The third kappa shape index (κ3) is 3.61. The highest BCUT2D eigenvalue weighted by atomic mass is 79.9. The van der Waals surface area contributed by atoms with Crippen LogP contribution in [0.5, 0.6) is 0 Å². The van der Waals surface area contributed by atoms with Crippen molar-refractivity contribution in [1.29, 1.82) is 0 Å². The molecule has 1 aromatic rings. The monoisotopic (exact) mass is 285 g/mol. The summed E-state index contributed by atoms with van der Waals surface area (Å²) in [5.74, 6) is -0.400. The highest BCUT2D eigenvalue weighted by molar-refractivity contribution is 9.10. The number of carbonyl (C=O) groups excluding carboxylic acids is 1. The van der Waals surface area contributed by atoms with E-state index >= 15 is 0 Å².